The van der Waals surface area contributed by atoms with Crippen molar-refractivity contribution < 1.29 is 18.0 Å². The van der Waals surface area contributed by atoms with Gasteiger partial charge in [0.2, 0.25) is 0 Å². The van der Waals surface area contributed by atoms with Crippen LogP contribution in [0.15, 0.2) is 0 Å². The quantitative estimate of drug-likeness (QED) is 0.758. The highest BCUT2D eigenvalue weighted by Gasteiger charge is 2.29. The van der Waals surface area contributed by atoms with Gasteiger partial charge in [0, 0.05) is 38.5 Å². The molecule has 6 heteroatoms. The number of alkyl halides is 3. The van der Waals surface area contributed by atoms with Crippen LogP contribution >= 0.6 is 0 Å². The lowest BCUT2D eigenvalue weighted by Crippen LogP contribution is -2.50. The van der Waals surface area contributed by atoms with Gasteiger partial charge in [-0.05, 0) is 14.1 Å². The highest BCUT2D eigenvalue weighted by atomic mass is 19.4. The predicted octanol–water partition coefficient (Wildman–Crippen LogP) is 1.53. The maximum atomic E-state index is 12.0. The number of nitrogens with zero attached hydrogens (tertiary/aromatic N) is 2. The Morgan fingerprint density at radius 3 is 2.53 bits per heavy atom. The van der Waals surface area contributed by atoms with E-state index in [1.165, 1.54) is 0 Å². The fourth-order valence-electron chi connectivity index (χ4n) is 1.97. The normalized spacial score (nSPS) is 23.9. The number of ketones is 1. The van der Waals surface area contributed by atoms with Crippen LogP contribution < -0.4 is 0 Å². The average molecular weight is 252 g/mol. The van der Waals surface area contributed by atoms with Crippen LogP contribution in [0, 0.1) is 0 Å². The van der Waals surface area contributed by atoms with E-state index < -0.39 is 19.0 Å². The number of hydrogen-bond donors (Lipinski definition) is 0. The number of carbonyl (C=O) groups is 1. The van der Waals surface area contributed by atoms with E-state index >= 15 is 0 Å². The molecule has 3 nitrogen and oxygen atoms in total. The van der Waals surface area contributed by atoms with Gasteiger partial charge in [-0.1, -0.05) is 0 Å². The van der Waals surface area contributed by atoms with Gasteiger partial charge in [-0.3, -0.25) is 4.79 Å². The Bertz CT molecular complexity index is 268. The molecule has 0 amide bonds. The Morgan fingerprint density at radius 2 is 1.94 bits per heavy atom. The fourth-order valence-corrected chi connectivity index (χ4v) is 1.97. The van der Waals surface area contributed by atoms with Gasteiger partial charge in [0.15, 0.2) is 0 Å². The van der Waals surface area contributed by atoms with E-state index in [1.54, 1.807) is 0 Å². The Morgan fingerprint density at radius 1 is 1.29 bits per heavy atom. The molecule has 1 rings (SSSR count). The van der Waals surface area contributed by atoms with E-state index in [0.29, 0.717) is 0 Å². The van der Waals surface area contributed by atoms with Crippen molar-refractivity contribution in [2.24, 2.45) is 0 Å². The molecule has 1 heterocycles. The molecule has 17 heavy (non-hydrogen) atoms. The minimum atomic E-state index is -4.23. The van der Waals surface area contributed by atoms with Crippen molar-refractivity contribution in [2.45, 2.75) is 31.5 Å². The van der Waals surface area contributed by atoms with Crippen LogP contribution in [-0.2, 0) is 4.79 Å². The van der Waals surface area contributed by atoms with E-state index in [2.05, 4.69) is 4.90 Å². The zero-order chi connectivity index (χ0) is 13.1. The van der Waals surface area contributed by atoms with Gasteiger partial charge in [0.05, 0.1) is 6.42 Å². The van der Waals surface area contributed by atoms with Crippen LogP contribution in [-0.4, -0.2) is 61.5 Å². The van der Waals surface area contributed by atoms with Crippen molar-refractivity contribution in [3.63, 3.8) is 0 Å². The maximum Gasteiger partial charge on any atom is 0.389 e. The average Bonchev–Trinajstić information content (AvgIpc) is 2.20. The van der Waals surface area contributed by atoms with E-state index in [0.717, 1.165) is 19.6 Å². The summed E-state index contributed by atoms with van der Waals surface area (Å²) in [6.07, 6.45) is -5.41. The van der Waals surface area contributed by atoms with Gasteiger partial charge in [0.1, 0.15) is 5.78 Å². The van der Waals surface area contributed by atoms with Crippen molar-refractivity contribution in [3.8, 4) is 0 Å². The van der Waals surface area contributed by atoms with Crippen LogP contribution in [0.1, 0.15) is 19.3 Å². The number of likely N-dealkylation sites (N-methyl/N-ethyl adjacent to an activating group) is 2. The summed E-state index contributed by atoms with van der Waals surface area (Å²) >= 11 is 0. The Balaban J connectivity index is 2.34. The van der Waals surface area contributed by atoms with E-state index in [9.17, 15) is 18.0 Å². The Labute approximate surface area is 99.6 Å². The lowest BCUT2D eigenvalue weighted by molar-refractivity contribution is -0.143. The summed E-state index contributed by atoms with van der Waals surface area (Å²) in [6.45, 7) is 2.53. The maximum absolute atomic E-state index is 12.0. The summed E-state index contributed by atoms with van der Waals surface area (Å²) in [7, 11) is 3.87. The van der Waals surface area contributed by atoms with Gasteiger partial charge in [-0.25, -0.2) is 0 Å². The molecule has 1 saturated heterocycles. The smallest absolute Gasteiger partial charge is 0.304 e. The van der Waals surface area contributed by atoms with E-state index in [4.69, 9.17) is 0 Å². The number of halogens is 3. The summed E-state index contributed by atoms with van der Waals surface area (Å²) in [6, 6.07) is 0.0504. The third kappa shape index (κ3) is 5.50. The molecule has 1 unspecified atom stereocenters. The summed E-state index contributed by atoms with van der Waals surface area (Å²) in [5.41, 5.74) is 0. The van der Waals surface area contributed by atoms with E-state index in [1.807, 2.05) is 19.0 Å². The van der Waals surface area contributed by atoms with Crippen LogP contribution in [0.25, 0.3) is 0 Å². The molecule has 0 aliphatic carbocycles. The first-order valence-corrected chi connectivity index (χ1v) is 5.75. The minimum Gasteiger partial charge on any atom is -0.304 e. The summed E-state index contributed by atoms with van der Waals surface area (Å²) in [5.74, 6) is -0.297. The van der Waals surface area contributed by atoms with Crippen LogP contribution in [0.2, 0.25) is 0 Å². The Hall–Kier alpha value is -0.620. The molecule has 100 valence electrons. The second-order valence-electron chi connectivity index (χ2n) is 4.75. The molecular weight excluding hydrogens is 233 g/mol. The number of rotatable bonds is 4. The third-order valence-corrected chi connectivity index (χ3v) is 3.13. The van der Waals surface area contributed by atoms with Crippen molar-refractivity contribution >= 4 is 5.78 Å². The molecule has 1 atom stereocenters. The van der Waals surface area contributed by atoms with Gasteiger partial charge in [-0.15, -0.1) is 0 Å². The van der Waals surface area contributed by atoms with Crippen molar-refractivity contribution in [2.75, 3.05) is 33.7 Å². The molecule has 1 aliphatic heterocycles. The SMILES string of the molecule is CN1CCN(C)C(CC(=O)CCC(F)(F)F)C1. The summed E-state index contributed by atoms with van der Waals surface area (Å²) in [4.78, 5) is 15.6. The molecule has 0 saturated carbocycles. The monoisotopic (exact) mass is 252 g/mol. The van der Waals surface area contributed by atoms with Gasteiger partial charge in [-0.2, -0.15) is 13.2 Å². The fraction of sp³-hybridized carbons (Fsp3) is 0.909. The zero-order valence-electron chi connectivity index (χ0n) is 10.3. The number of Topliss-reactive ketones (excluding diaryl/α,β-unsaturated/α-hetero) is 1. The second kappa shape index (κ2) is 5.82. The van der Waals surface area contributed by atoms with Crippen LogP contribution in [0.4, 0.5) is 13.2 Å². The standard InChI is InChI=1S/C11H19F3N2O/c1-15-5-6-16(2)9(8-15)7-10(17)3-4-11(12,13)14/h9H,3-8H2,1-2H3. The topological polar surface area (TPSA) is 23.6 Å². The molecule has 0 aromatic heterocycles. The van der Waals surface area contributed by atoms with Gasteiger partial charge < -0.3 is 9.80 Å². The van der Waals surface area contributed by atoms with Crippen molar-refractivity contribution in [3.05, 3.63) is 0 Å². The largest absolute Gasteiger partial charge is 0.389 e. The molecule has 1 fully saturated rings. The number of hydrogen-bond acceptors (Lipinski definition) is 3. The molecule has 0 N–H and O–H groups in total. The minimum absolute atomic E-state index is 0.0504. The first kappa shape index (κ1) is 14.4. The first-order chi connectivity index (χ1) is 7.78. The number of piperazine rings is 1. The lowest BCUT2D eigenvalue weighted by atomic mass is 10.0. The number of carbonyl (C=O) groups excluding carboxylic acids is 1. The second-order valence-corrected chi connectivity index (χ2v) is 4.75. The van der Waals surface area contributed by atoms with Crippen LogP contribution in [0.5, 0.6) is 0 Å². The highest BCUT2D eigenvalue weighted by molar-refractivity contribution is 5.79. The predicted molar refractivity (Wildman–Crippen MR) is 58.8 cm³/mol. The molecule has 0 radical (unpaired) electrons. The first-order valence-electron chi connectivity index (χ1n) is 5.75. The summed E-state index contributed by atoms with van der Waals surface area (Å²) < 4.78 is 35.9. The molecule has 0 bridgehead atoms. The molecular formula is C11H19F3N2O. The van der Waals surface area contributed by atoms with Crippen molar-refractivity contribution in [1.82, 2.24) is 9.80 Å². The molecule has 0 aromatic carbocycles. The molecule has 0 aromatic rings. The Kier molecular flexibility index (Phi) is 4.94. The molecule has 0 spiro atoms. The summed E-state index contributed by atoms with van der Waals surface area (Å²) in [5, 5.41) is 0. The van der Waals surface area contributed by atoms with Crippen LogP contribution in [0.3, 0.4) is 0 Å². The lowest BCUT2D eigenvalue weighted by Gasteiger charge is -2.37. The third-order valence-electron chi connectivity index (χ3n) is 3.13. The van der Waals surface area contributed by atoms with Crippen molar-refractivity contribution in [1.29, 1.82) is 0 Å². The van der Waals surface area contributed by atoms with Gasteiger partial charge in [0.25, 0.3) is 0 Å². The zero-order valence-corrected chi connectivity index (χ0v) is 10.3. The molecule has 1 aliphatic rings. The highest BCUT2D eigenvalue weighted by Crippen LogP contribution is 2.22. The van der Waals surface area contributed by atoms with E-state index in [-0.39, 0.29) is 18.2 Å². The van der Waals surface area contributed by atoms with Gasteiger partial charge >= 0.3 is 6.18 Å².